The van der Waals surface area contributed by atoms with Gasteiger partial charge in [-0.2, -0.15) is 0 Å². The Morgan fingerprint density at radius 1 is 1.11 bits per heavy atom. The summed E-state index contributed by atoms with van der Waals surface area (Å²) in [6, 6.07) is 4.66. The molecule has 0 aliphatic heterocycles. The zero-order valence-electron chi connectivity index (χ0n) is 11.0. The van der Waals surface area contributed by atoms with Crippen molar-refractivity contribution in [2.75, 3.05) is 52.0 Å². The second-order valence-electron chi connectivity index (χ2n) is 3.77. The molecule has 1 aromatic carbocycles. The van der Waals surface area contributed by atoms with Gasteiger partial charge in [0.1, 0.15) is 5.82 Å². The molecule has 0 radical (unpaired) electrons. The van der Waals surface area contributed by atoms with Crippen molar-refractivity contribution in [3.8, 4) is 0 Å². The van der Waals surface area contributed by atoms with Crippen LogP contribution in [-0.2, 0) is 14.2 Å². The van der Waals surface area contributed by atoms with Crippen LogP contribution in [0.25, 0.3) is 0 Å². The molecule has 0 aliphatic carbocycles. The number of ether oxygens (including phenoxy) is 3. The monoisotopic (exact) mass is 383 g/mol. The lowest BCUT2D eigenvalue weighted by Crippen LogP contribution is -2.14. The van der Waals surface area contributed by atoms with Crippen LogP contribution in [0.2, 0.25) is 0 Å². The minimum atomic E-state index is -0.223. The van der Waals surface area contributed by atoms with Gasteiger partial charge in [-0.15, -0.1) is 0 Å². The molecular weight excluding hydrogens is 364 g/mol. The van der Waals surface area contributed by atoms with Crippen LogP contribution in [-0.4, -0.2) is 46.7 Å². The standard InChI is InChI=1S/C13H19FINO3/c1-17-6-7-19-9-8-18-5-4-16-13-3-2-11(14)10-12(13)15/h2-3,10,16H,4-9H2,1H3. The number of hydrogen-bond donors (Lipinski definition) is 1. The summed E-state index contributed by atoms with van der Waals surface area (Å²) in [6.07, 6.45) is 0. The fourth-order valence-corrected chi connectivity index (χ4v) is 2.02. The van der Waals surface area contributed by atoms with Gasteiger partial charge in [-0.25, -0.2) is 4.39 Å². The van der Waals surface area contributed by atoms with Gasteiger partial charge in [0, 0.05) is 22.9 Å². The SMILES string of the molecule is COCCOCCOCCNc1ccc(F)cc1I. The summed E-state index contributed by atoms with van der Waals surface area (Å²) in [4.78, 5) is 0. The van der Waals surface area contributed by atoms with Crippen LogP contribution in [0.1, 0.15) is 0 Å². The minimum Gasteiger partial charge on any atom is -0.382 e. The Hall–Kier alpha value is -0.440. The highest BCUT2D eigenvalue weighted by Gasteiger charge is 2.00. The van der Waals surface area contributed by atoms with E-state index in [1.165, 1.54) is 12.1 Å². The van der Waals surface area contributed by atoms with Gasteiger partial charge in [-0.05, 0) is 40.8 Å². The molecule has 6 heteroatoms. The average Bonchev–Trinajstić information content (AvgIpc) is 2.39. The third-order valence-corrected chi connectivity index (χ3v) is 3.19. The smallest absolute Gasteiger partial charge is 0.124 e. The fraction of sp³-hybridized carbons (Fsp3) is 0.538. The topological polar surface area (TPSA) is 39.7 Å². The quantitative estimate of drug-likeness (QED) is 0.498. The summed E-state index contributed by atoms with van der Waals surface area (Å²) in [7, 11) is 1.64. The first-order chi connectivity index (χ1) is 9.24. The Balaban J connectivity index is 2.01. The van der Waals surface area contributed by atoms with Crippen LogP contribution in [0.15, 0.2) is 18.2 Å². The molecule has 19 heavy (non-hydrogen) atoms. The Labute approximate surface area is 126 Å². The van der Waals surface area contributed by atoms with Crippen molar-refractivity contribution in [3.05, 3.63) is 27.6 Å². The van der Waals surface area contributed by atoms with E-state index in [4.69, 9.17) is 14.2 Å². The maximum atomic E-state index is 12.9. The predicted molar refractivity (Wildman–Crippen MR) is 81.1 cm³/mol. The average molecular weight is 383 g/mol. The lowest BCUT2D eigenvalue weighted by molar-refractivity contribution is 0.0272. The van der Waals surface area contributed by atoms with Crippen LogP contribution >= 0.6 is 22.6 Å². The first-order valence-electron chi connectivity index (χ1n) is 6.07. The number of hydrogen-bond acceptors (Lipinski definition) is 4. The van der Waals surface area contributed by atoms with E-state index >= 15 is 0 Å². The highest BCUT2D eigenvalue weighted by Crippen LogP contribution is 2.18. The number of benzene rings is 1. The summed E-state index contributed by atoms with van der Waals surface area (Å²) in [5, 5.41) is 3.19. The van der Waals surface area contributed by atoms with Crippen LogP contribution in [0.5, 0.6) is 0 Å². The molecule has 0 aliphatic rings. The van der Waals surface area contributed by atoms with E-state index in [0.717, 1.165) is 9.26 Å². The second-order valence-corrected chi connectivity index (χ2v) is 4.93. The van der Waals surface area contributed by atoms with Gasteiger partial charge in [0.2, 0.25) is 0 Å². The molecule has 0 atom stereocenters. The lowest BCUT2D eigenvalue weighted by Gasteiger charge is -2.09. The maximum absolute atomic E-state index is 12.9. The molecular formula is C13H19FINO3. The minimum absolute atomic E-state index is 0.223. The molecule has 108 valence electrons. The Kier molecular flexibility index (Phi) is 9.06. The predicted octanol–water partition coefficient (Wildman–Crippen LogP) is 2.52. The summed E-state index contributed by atoms with van der Waals surface area (Å²) in [6.45, 7) is 3.58. The van der Waals surface area contributed by atoms with E-state index in [0.29, 0.717) is 39.6 Å². The Morgan fingerprint density at radius 2 is 1.79 bits per heavy atom. The summed E-state index contributed by atoms with van der Waals surface area (Å²) in [5.74, 6) is -0.223. The first kappa shape index (κ1) is 16.6. The number of halogens is 2. The van der Waals surface area contributed by atoms with Crippen molar-refractivity contribution < 1.29 is 18.6 Å². The highest BCUT2D eigenvalue weighted by molar-refractivity contribution is 14.1. The Bertz CT molecular complexity index is 366. The first-order valence-corrected chi connectivity index (χ1v) is 7.15. The third kappa shape index (κ3) is 7.66. The fourth-order valence-electron chi connectivity index (χ4n) is 1.35. The van der Waals surface area contributed by atoms with E-state index < -0.39 is 0 Å². The van der Waals surface area contributed by atoms with E-state index in [9.17, 15) is 4.39 Å². The van der Waals surface area contributed by atoms with Gasteiger partial charge in [0.25, 0.3) is 0 Å². The highest BCUT2D eigenvalue weighted by atomic mass is 127. The van der Waals surface area contributed by atoms with Crippen LogP contribution in [0.4, 0.5) is 10.1 Å². The summed E-state index contributed by atoms with van der Waals surface area (Å²) < 4.78 is 29.2. The number of methoxy groups -OCH3 is 1. The molecule has 4 nitrogen and oxygen atoms in total. The summed E-state index contributed by atoms with van der Waals surface area (Å²) >= 11 is 2.10. The zero-order valence-corrected chi connectivity index (χ0v) is 13.1. The molecule has 0 aromatic heterocycles. The van der Waals surface area contributed by atoms with Crippen molar-refractivity contribution in [3.63, 3.8) is 0 Å². The van der Waals surface area contributed by atoms with Gasteiger partial charge >= 0.3 is 0 Å². The van der Waals surface area contributed by atoms with Gasteiger partial charge in [-0.1, -0.05) is 0 Å². The molecule has 1 rings (SSSR count). The number of nitrogens with one attached hydrogen (secondary N) is 1. The van der Waals surface area contributed by atoms with Gasteiger partial charge in [-0.3, -0.25) is 0 Å². The zero-order chi connectivity index (χ0) is 13.9. The van der Waals surface area contributed by atoms with Crippen molar-refractivity contribution >= 4 is 28.3 Å². The second kappa shape index (κ2) is 10.4. The van der Waals surface area contributed by atoms with E-state index in [1.807, 2.05) is 0 Å². The van der Waals surface area contributed by atoms with Gasteiger partial charge in [0.05, 0.1) is 33.0 Å². The molecule has 0 fully saturated rings. The summed E-state index contributed by atoms with van der Waals surface area (Å²) in [5.41, 5.74) is 0.918. The molecule has 0 saturated carbocycles. The van der Waals surface area contributed by atoms with Crippen molar-refractivity contribution in [2.24, 2.45) is 0 Å². The van der Waals surface area contributed by atoms with Crippen molar-refractivity contribution in [1.82, 2.24) is 0 Å². The third-order valence-electron chi connectivity index (χ3n) is 2.30. The van der Waals surface area contributed by atoms with Crippen LogP contribution in [0.3, 0.4) is 0 Å². The Morgan fingerprint density at radius 3 is 2.47 bits per heavy atom. The van der Waals surface area contributed by atoms with Gasteiger partial charge in [0.15, 0.2) is 0 Å². The molecule has 0 saturated heterocycles. The lowest BCUT2D eigenvalue weighted by atomic mass is 10.3. The van der Waals surface area contributed by atoms with Crippen molar-refractivity contribution in [2.45, 2.75) is 0 Å². The van der Waals surface area contributed by atoms with Crippen molar-refractivity contribution in [1.29, 1.82) is 0 Å². The van der Waals surface area contributed by atoms with Crippen LogP contribution < -0.4 is 5.32 Å². The molecule has 0 amide bonds. The van der Waals surface area contributed by atoms with E-state index in [-0.39, 0.29) is 5.82 Å². The molecule has 0 unspecified atom stereocenters. The van der Waals surface area contributed by atoms with E-state index in [2.05, 4.69) is 27.9 Å². The molecule has 0 spiro atoms. The maximum Gasteiger partial charge on any atom is 0.124 e. The normalized spacial score (nSPS) is 10.7. The largest absolute Gasteiger partial charge is 0.382 e. The number of anilines is 1. The molecule has 1 N–H and O–H groups in total. The molecule has 0 bridgehead atoms. The van der Waals surface area contributed by atoms with Crippen LogP contribution in [0, 0.1) is 9.39 Å². The van der Waals surface area contributed by atoms with E-state index in [1.54, 1.807) is 13.2 Å². The number of rotatable bonds is 10. The van der Waals surface area contributed by atoms with Gasteiger partial charge < -0.3 is 19.5 Å². The molecule has 0 heterocycles. The molecule has 1 aromatic rings.